The van der Waals surface area contributed by atoms with Crippen molar-refractivity contribution >= 4 is 21.8 Å². The van der Waals surface area contributed by atoms with Gasteiger partial charge in [-0.05, 0) is 56.2 Å². The standard InChI is InChI=1S/C20H22FN3O4S/c1-14-2-4-15(5-3-14)19(25)22-23-20(26)16-10-12-24(13-11-16)29(27,28)18-8-6-17(21)7-9-18/h2-9,16H,10-13H2,1H3,(H,22,25)(H,23,26). The molecule has 29 heavy (non-hydrogen) atoms. The van der Waals surface area contributed by atoms with Gasteiger partial charge in [-0.25, -0.2) is 12.8 Å². The third kappa shape index (κ3) is 4.99. The van der Waals surface area contributed by atoms with E-state index in [1.807, 2.05) is 6.92 Å². The van der Waals surface area contributed by atoms with Crippen molar-refractivity contribution in [3.8, 4) is 0 Å². The molecule has 1 heterocycles. The van der Waals surface area contributed by atoms with E-state index >= 15 is 0 Å². The molecule has 2 N–H and O–H groups in total. The molecule has 0 atom stereocenters. The number of aryl methyl sites for hydroxylation is 1. The van der Waals surface area contributed by atoms with Gasteiger partial charge >= 0.3 is 0 Å². The van der Waals surface area contributed by atoms with E-state index in [0.29, 0.717) is 18.4 Å². The largest absolute Gasteiger partial charge is 0.273 e. The lowest BCUT2D eigenvalue weighted by Gasteiger charge is -2.30. The molecule has 3 rings (SSSR count). The van der Waals surface area contributed by atoms with Gasteiger partial charge in [-0.2, -0.15) is 4.31 Å². The van der Waals surface area contributed by atoms with Gasteiger partial charge in [0.2, 0.25) is 15.9 Å². The number of amides is 2. The molecule has 2 aromatic rings. The molecular weight excluding hydrogens is 397 g/mol. The average Bonchev–Trinajstić information content (AvgIpc) is 2.72. The number of carbonyl (C=O) groups excluding carboxylic acids is 2. The molecule has 1 aliphatic rings. The Hall–Kier alpha value is -2.78. The van der Waals surface area contributed by atoms with Gasteiger partial charge in [0.05, 0.1) is 4.90 Å². The van der Waals surface area contributed by atoms with Gasteiger partial charge in [0.1, 0.15) is 5.82 Å². The first-order valence-corrected chi connectivity index (χ1v) is 10.6. The Morgan fingerprint density at radius 3 is 2.14 bits per heavy atom. The zero-order valence-corrected chi connectivity index (χ0v) is 16.7. The molecule has 0 spiro atoms. The monoisotopic (exact) mass is 419 g/mol. The van der Waals surface area contributed by atoms with Gasteiger partial charge in [0.25, 0.3) is 5.91 Å². The molecule has 2 aromatic carbocycles. The number of hydrazine groups is 1. The van der Waals surface area contributed by atoms with Crippen molar-refractivity contribution in [3.63, 3.8) is 0 Å². The third-order valence-electron chi connectivity index (χ3n) is 4.89. The highest BCUT2D eigenvalue weighted by atomic mass is 32.2. The lowest BCUT2D eigenvalue weighted by Crippen LogP contribution is -2.48. The molecule has 0 aromatic heterocycles. The number of nitrogens with zero attached hydrogens (tertiary/aromatic N) is 1. The first-order chi connectivity index (χ1) is 13.8. The van der Waals surface area contributed by atoms with Crippen molar-refractivity contribution in [2.75, 3.05) is 13.1 Å². The van der Waals surface area contributed by atoms with Crippen LogP contribution in [-0.2, 0) is 14.8 Å². The number of piperidine rings is 1. The summed E-state index contributed by atoms with van der Waals surface area (Å²) in [5, 5.41) is 0. The van der Waals surface area contributed by atoms with Gasteiger partial charge < -0.3 is 0 Å². The molecule has 1 saturated heterocycles. The summed E-state index contributed by atoms with van der Waals surface area (Å²) in [5.41, 5.74) is 6.24. The van der Waals surface area contributed by atoms with Crippen molar-refractivity contribution in [1.82, 2.24) is 15.2 Å². The smallest absolute Gasteiger partial charge is 0.269 e. The number of carbonyl (C=O) groups is 2. The van der Waals surface area contributed by atoms with Crippen LogP contribution in [0.1, 0.15) is 28.8 Å². The van der Waals surface area contributed by atoms with E-state index in [-0.39, 0.29) is 23.9 Å². The van der Waals surface area contributed by atoms with Crippen LogP contribution in [0.25, 0.3) is 0 Å². The highest BCUT2D eigenvalue weighted by Crippen LogP contribution is 2.24. The summed E-state index contributed by atoms with van der Waals surface area (Å²) in [4.78, 5) is 24.4. The summed E-state index contributed by atoms with van der Waals surface area (Å²) < 4.78 is 39.6. The van der Waals surface area contributed by atoms with Crippen molar-refractivity contribution in [2.45, 2.75) is 24.7 Å². The second kappa shape index (κ2) is 8.71. The molecule has 0 saturated carbocycles. The molecule has 9 heteroatoms. The average molecular weight is 419 g/mol. The number of hydrogen-bond acceptors (Lipinski definition) is 4. The molecule has 154 valence electrons. The van der Waals surface area contributed by atoms with E-state index in [2.05, 4.69) is 10.9 Å². The molecule has 0 unspecified atom stereocenters. The van der Waals surface area contributed by atoms with Crippen LogP contribution in [0.15, 0.2) is 53.4 Å². The Morgan fingerprint density at radius 1 is 0.966 bits per heavy atom. The molecule has 1 aliphatic heterocycles. The topological polar surface area (TPSA) is 95.6 Å². The third-order valence-corrected chi connectivity index (χ3v) is 6.80. The van der Waals surface area contributed by atoms with Gasteiger partial charge in [0, 0.05) is 24.6 Å². The summed E-state index contributed by atoms with van der Waals surface area (Å²) in [7, 11) is -3.73. The number of hydrogen-bond donors (Lipinski definition) is 2. The fourth-order valence-electron chi connectivity index (χ4n) is 3.11. The lowest BCUT2D eigenvalue weighted by molar-refractivity contribution is -0.126. The molecule has 0 bridgehead atoms. The SMILES string of the molecule is Cc1ccc(C(=O)NNC(=O)C2CCN(S(=O)(=O)c3ccc(F)cc3)CC2)cc1. The van der Waals surface area contributed by atoms with Crippen molar-refractivity contribution in [1.29, 1.82) is 0 Å². The van der Waals surface area contributed by atoms with Crippen LogP contribution in [0, 0.1) is 18.7 Å². The Balaban J connectivity index is 1.52. The van der Waals surface area contributed by atoms with Gasteiger partial charge in [0.15, 0.2) is 0 Å². The fourth-order valence-corrected chi connectivity index (χ4v) is 4.58. The van der Waals surface area contributed by atoms with E-state index in [9.17, 15) is 22.4 Å². The van der Waals surface area contributed by atoms with Crippen LogP contribution >= 0.6 is 0 Å². The van der Waals surface area contributed by atoms with Crippen LogP contribution in [-0.4, -0.2) is 37.6 Å². The second-order valence-electron chi connectivity index (χ2n) is 6.94. The van der Waals surface area contributed by atoms with Crippen LogP contribution in [0.2, 0.25) is 0 Å². The Morgan fingerprint density at radius 2 is 1.55 bits per heavy atom. The number of nitrogens with one attached hydrogen (secondary N) is 2. The van der Waals surface area contributed by atoms with Crippen molar-refractivity contribution in [3.05, 3.63) is 65.5 Å². The minimum absolute atomic E-state index is 0.0205. The number of sulfonamides is 1. The van der Waals surface area contributed by atoms with Crippen LogP contribution in [0.5, 0.6) is 0 Å². The molecular formula is C20H22FN3O4S. The zero-order chi connectivity index (χ0) is 21.0. The summed E-state index contributed by atoms with van der Waals surface area (Å²) in [6.45, 7) is 2.25. The summed E-state index contributed by atoms with van der Waals surface area (Å²) >= 11 is 0. The maximum atomic E-state index is 13.0. The van der Waals surface area contributed by atoms with E-state index in [4.69, 9.17) is 0 Å². The quantitative estimate of drug-likeness (QED) is 0.741. The second-order valence-corrected chi connectivity index (χ2v) is 8.88. The molecule has 0 aliphatic carbocycles. The summed E-state index contributed by atoms with van der Waals surface area (Å²) in [6.07, 6.45) is 0.652. The Labute approximate surface area is 168 Å². The predicted molar refractivity (Wildman–Crippen MR) is 105 cm³/mol. The number of rotatable bonds is 4. The predicted octanol–water partition coefficient (Wildman–Crippen LogP) is 2.00. The van der Waals surface area contributed by atoms with Crippen molar-refractivity contribution < 1.29 is 22.4 Å². The van der Waals surface area contributed by atoms with E-state index in [1.54, 1.807) is 24.3 Å². The van der Waals surface area contributed by atoms with Crippen LogP contribution < -0.4 is 10.9 Å². The highest BCUT2D eigenvalue weighted by molar-refractivity contribution is 7.89. The maximum Gasteiger partial charge on any atom is 0.269 e. The minimum Gasteiger partial charge on any atom is -0.273 e. The molecule has 0 radical (unpaired) electrons. The van der Waals surface area contributed by atoms with E-state index < -0.39 is 27.7 Å². The Kier molecular flexibility index (Phi) is 6.29. The first-order valence-electron chi connectivity index (χ1n) is 9.20. The number of benzene rings is 2. The fraction of sp³-hybridized carbons (Fsp3) is 0.300. The minimum atomic E-state index is -3.73. The van der Waals surface area contributed by atoms with Gasteiger partial charge in [-0.1, -0.05) is 17.7 Å². The van der Waals surface area contributed by atoms with Crippen molar-refractivity contribution in [2.24, 2.45) is 5.92 Å². The Bertz CT molecular complexity index is 983. The van der Waals surface area contributed by atoms with E-state index in [1.165, 1.54) is 16.4 Å². The zero-order valence-electron chi connectivity index (χ0n) is 15.9. The first kappa shape index (κ1) is 20.9. The van der Waals surface area contributed by atoms with Crippen LogP contribution in [0.3, 0.4) is 0 Å². The lowest BCUT2D eigenvalue weighted by atomic mass is 9.98. The number of halogens is 1. The van der Waals surface area contributed by atoms with Gasteiger partial charge in [-0.3, -0.25) is 20.4 Å². The maximum absolute atomic E-state index is 13.0. The van der Waals surface area contributed by atoms with Gasteiger partial charge in [-0.15, -0.1) is 0 Å². The molecule has 2 amide bonds. The van der Waals surface area contributed by atoms with E-state index in [0.717, 1.165) is 17.7 Å². The highest BCUT2D eigenvalue weighted by Gasteiger charge is 2.32. The molecule has 7 nitrogen and oxygen atoms in total. The summed E-state index contributed by atoms with van der Waals surface area (Å²) in [6, 6.07) is 11.6. The normalized spacial score (nSPS) is 15.7. The summed E-state index contributed by atoms with van der Waals surface area (Å²) in [5.74, 6) is -1.70. The van der Waals surface area contributed by atoms with Crippen LogP contribution in [0.4, 0.5) is 4.39 Å². The molecule has 1 fully saturated rings.